The van der Waals surface area contributed by atoms with Gasteiger partial charge in [0.05, 0.1) is 17.8 Å². The van der Waals surface area contributed by atoms with E-state index in [4.69, 9.17) is 0 Å². The van der Waals surface area contributed by atoms with E-state index >= 15 is 0 Å². The number of hydrogen-bond acceptors (Lipinski definition) is 3. The number of benzene rings is 1. The first kappa shape index (κ1) is 24.6. The molecule has 1 aromatic carbocycles. The van der Waals surface area contributed by atoms with Crippen LogP contribution in [-0.2, 0) is 6.42 Å². The molecule has 166 valence electrons. The van der Waals surface area contributed by atoms with Crippen LogP contribution in [0.15, 0.2) is 54.1 Å². The Morgan fingerprint density at radius 1 is 1.20 bits per heavy atom. The summed E-state index contributed by atoms with van der Waals surface area (Å²) in [6, 6.07) is 8.77. The number of rotatable bonds is 10. The van der Waals surface area contributed by atoms with Gasteiger partial charge in [0.25, 0.3) is 0 Å². The zero-order valence-electron chi connectivity index (χ0n) is 19.0. The van der Waals surface area contributed by atoms with Crippen LogP contribution in [0.25, 0.3) is 5.57 Å². The largest absolute Gasteiger partial charge is 0.393 e. The Balaban J connectivity index is 2.06. The van der Waals surface area contributed by atoms with E-state index in [0.717, 1.165) is 56.1 Å². The van der Waals surface area contributed by atoms with E-state index < -0.39 is 17.8 Å². The van der Waals surface area contributed by atoms with Crippen LogP contribution in [0.4, 0.5) is 0 Å². The predicted molar refractivity (Wildman–Crippen MR) is 126 cm³/mol. The van der Waals surface area contributed by atoms with Crippen molar-refractivity contribution in [3.63, 3.8) is 0 Å². The standard InChI is InChI=1S/C27H40O3/c1-5-10-22(14-15-23-18-25(28)19-26(29)20(23)2)24-13-9-12-21(17-24)11-7-6-8-16-27(3,4)30/h9,12-15,17,25-26,28-30H,2,5-8,10-11,16,18-19H2,1,3-4H3/b22-14+,23-15?/t25-,26+/m1/s1. The molecule has 0 heterocycles. The van der Waals surface area contributed by atoms with Crippen molar-refractivity contribution in [2.24, 2.45) is 0 Å². The molecule has 0 spiro atoms. The lowest BCUT2D eigenvalue weighted by Gasteiger charge is -2.26. The SMILES string of the molecule is C=C1C(=C/C=C(\CCC)c2cccc(CCCCCC(C)(C)O)c2)C[C@@H](O)C[C@@H]1O. The van der Waals surface area contributed by atoms with Gasteiger partial charge in [-0.25, -0.2) is 0 Å². The maximum atomic E-state index is 10.1. The quantitative estimate of drug-likeness (QED) is 0.429. The molecular weight excluding hydrogens is 372 g/mol. The Morgan fingerprint density at radius 3 is 2.67 bits per heavy atom. The molecule has 3 heteroatoms. The lowest BCUT2D eigenvalue weighted by atomic mass is 9.85. The Labute approximate surface area is 182 Å². The first-order valence-electron chi connectivity index (χ1n) is 11.5. The minimum Gasteiger partial charge on any atom is -0.393 e. The van der Waals surface area contributed by atoms with E-state index in [1.807, 2.05) is 19.9 Å². The molecule has 2 atom stereocenters. The number of aliphatic hydroxyl groups excluding tert-OH is 2. The van der Waals surface area contributed by atoms with Gasteiger partial charge < -0.3 is 15.3 Å². The van der Waals surface area contributed by atoms with Crippen LogP contribution in [0.2, 0.25) is 0 Å². The van der Waals surface area contributed by atoms with Gasteiger partial charge in [0.15, 0.2) is 0 Å². The molecular formula is C27H40O3. The van der Waals surface area contributed by atoms with Crippen LogP contribution < -0.4 is 0 Å². The van der Waals surface area contributed by atoms with Gasteiger partial charge in [-0.15, -0.1) is 0 Å². The summed E-state index contributed by atoms with van der Waals surface area (Å²) in [6.45, 7) is 9.94. The van der Waals surface area contributed by atoms with Crippen molar-refractivity contribution in [2.45, 2.75) is 96.4 Å². The lowest BCUT2D eigenvalue weighted by molar-refractivity contribution is 0.0680. The Morgan fingerprint density at radius 2 is 1.97 bits per heavy atom. The number of hydrogen-bond donors (Lipinski definition) is 3. The molecule has 0 aromatic heterocycles. The molecule has 3 nitrogen and oxygen atoms in total. The molecule has 0 amide bonds. The highest BCUT2D eigenvalue weighted by molar-refractivity contribution is 5.68. The van der Waals surface area contributed by atoms with Gasteiger partial charge in [-0.3, -0.25) is 0 Å². The highest BCUT2D eigenvalue weighted by Gasteiger charge is 2.24. The molecule has 30 heavy (non-hydrogen) atoms. The third-order valence-corrected chi connectivity index (χ3v) is 5.82. The summed E-state index contributed by atoms with van der Waals surface area (Å²) in [6.07, 6.45) is 11.2. The molecule has 0 bridgehead atoms. The third kappa shape index (κ3) is 8.22. The van der Waals surface area contributed by atoms with Gasteiger partial charge in [0, 0.05) is 6.42 Å². The topological polar surface area (TPSA) is 60.7 Å². The van der Waals surface area contributed by atoms with Crippen LogP contribution in [-0.4, -0.2) is 33.1 Å². The van der Waals surface area contributed by atoms with Crippen LogP contribution in [0, 0.1) is 0 Å². The van der Waals surface area contributed by atoms with Gasteiger partial charge >= 0.3 is 0 Å². The molecule has 0 aliphatic heterocycles. The van der Waals surface area contributed by atoms with Crippen molar-refractivity contribution in [2.75, 3.05) is 0 Å². The Hall–Kier alpha value is -1.68. The molecule has 0 unspecified atom stereocenters. The van der Waals surface area contributed by atoms with Crippen molar-refractivity contribution in [3.05, 3.63) is 65.3 Å². The van der Waals surface area contributed by atoms with Crippen molar-refractivity contribution < 1.29 is 15.3 Å². The highest BCUT2D eigenvalue weighted by Crippen LogP contribution is 2.29. The minimum atomic E-state index is -0.650. The summed E-state index contributed by atoms with van der Waals surface area (Å²) < 4.78 is 0. The van der Waals surface area contributed by atoms with E-state index in [0.29, 0.717) is 12.8 Å². The molecule has 1 aliphatic rings. The van der Waals surface area contributed by atoms with E-state index in [1.165, 1.54) is 16.7 Å². The zero-order chi connectivity index (χ0) is 22.1. The van der Waals surface area contributed by atoms with Crippen LogP contribution in [0.5, 0.6) is 0 Å². The summed E-state index contributed by atoms with van der Waals surface area (Å²) in [5, 5.41) is 29.9. The summed E-state index contributed by atoms with van der Waals surface area (Å²) in [4.78, 5) is 0. The van der Waals surface area contributed by atoms with Crippen LogP contribution in [0.3, 0.4) is 0 Å². The maximum absolute atomic E-state index is 10.1. The summed E-state index contributed by atoms with van der Waals surface area (Å²) in [5.41, 5.74) is 4.97. The Bertz CT molecular complexity index is 752. The second-order valence-corrected chi connectivity index (χ2v) is 9.34. The highest BCUT2D eigenvalue weighted by atomic mass is 16.3. The normalized spacial score (nSPS) is 22.0. The monoisotopic (exact) mass is 412 g/mol. The van der Waals surface area contributed by atoms with E-state index in [9.17, 15) is 15.3 Å². The maximum Gasteiger partial charge on any atom is 0.0811 e. The molecule has 2 rings (SSSR count). The summed E-state index contributed by atoms with van der Waals surface area (Å²) in [5.74, 6) is 0. The second-order valence-electron chi connectivity index (χ2n) is 9.34. The van der Waals surface area contributed by atoms with Gasteiger partial charge in [-0.2, -0.15) is 0 Å². The van der Waals surface area contributed by atoms with E-state index in [1.54, 1.807) is 0 Å². The van der Waals surface area contributed by atoms with Crippen molar-refractivity contribution in [3.8, 4) is 0 Å². The fourth-order valence-corrected chi connectivity index (χ4v) is 4.04. The number of aliphatic hydroxyl groups is 3. The minimum absolute atomic E-state index is 0.375. The fourth-order valence-electron chi connectivity index (χ4n) is 4.04. The molecule has 0 saturated heterocycles. The second kappa shape index (κ2) is 11.6. The van der Waals surface area contributed by atoms with Crippen LogP contribution in [0.1, 0.15) is 83.3 Å². The average molecular weight is 413 g/mol. The summed E-state index contributed by atoms with van der Waals surface area (Å²) >= 11 is 0. The molecule has 1 aromatic rings. The molecule has 1 saturated carbocycles. The van der Waals surface area contributed by atoms with Crippen molar-refractivity contribution in [1.29, 1.82) is 0 Å². The molecule has 0 radical (unpaired) electrons. The van der Waals surface area contributed by atoms with Gasteiger partial charge in [-0.05, 0) is 73.8 Å². The lowest BCUT2D eigenvalue weighted by Crippen LogP contribution is -2.26. The fraction of sp³-hybridized carbons (Fsp3) is 0.556. The predicted octanol–water partition coefficient (Wildman–Crippen LogP) is 5.74. The molecule has 1 aliphatic carbocycles. The first-order valence-corrected chi connectivity index (χ1v) is 11.5. The van der Waals surface area contributed by atoms with E-state index in [2.05, 4.69) is 43.8 Å². The number of allylic oxidation sites excluding steroid dienone is 3. The average Bonchev–Trinajstić information content (AvgIpc) is 2.67. The van der Waals surface area contributed by atoms with Gasteiger partial charge in [-0.1, -0.05) is 69.2 Å². The van der Waals surface area contributed by atoms with E-state index in [-0.39, 0.29) is 0 Å². The van der Waals surface area contributed by atoms with Crippen LogP contribution >= 0.6 is 0 Å². The zero-order valence-corrected chi connectivity index (χ0v) is 19.0. The summed E-state index contributed by atoms with van der Waals surface area (Å²) in [7, 11) is 0. The van der Waals surface area contributed by atoms with Crippen molar-refractivity contribution in [1.82, 2.24) is 0 Å². The third-order valence-electron chi connectivity index (χ3n) is 5.82. The number of unbranched alkanes of at least 4 members (excludes halogenated alkanes) is 2. The number of aryl methyl sites for hydroxylation is 1. The Kier molecular flexibility index (Phi) is 9.54. The first-order chi connectivity index (χ1) is 14.2. The van der Waals surface area contributed by atoms with Gasteiger partial charge in [0.2, 0.25) is 0 Å². The van der Waals surface area contributed by atoms with Gasteiger partial charge in [0.1, 0.15) is 0 Å². The van der Waals surface area contributed by atoms with Crippen molar-refractivity contribution >= 4 is 5.57 Å². The smallest absolute Gasteiger partial charge is 0.0811 e. The molecule has 3 N–H and O–H groups in total. The molecule has 1 fully saturated rings.